The minimum Gasteiger partial charge on any atom is -0.489 e. The number of ether oxygens (including phenoxy) is 1. The Morgan fingerprint density at radius 1 is 0.957 bits per heavy atom. The number of rotatable bonds is 9. The highest BCUT2D eigenvalue weighted by atomic mass is 16.5. The lowest BCUT2D eigenvalue weighted by Crippen LogP contribution is -2.30. The van der Waals surface area contributed by atoms with E-state index in [1.165, 1.54) is 17.7 Å². The lowest BCUT2D eigenvalue weighted by molar-refractivity contribution is 0.306. The average Bonchev–Trinajstić information content (AvgIpc) is 2.58. The SMILES string of the molecule is CC(C)CCN(CCN)c1ccc(OCc2ccccc2)cc1. The molecule has 0 aliphatic rings. The van der Waals surface area contributed by atoms with Crippen molar-refractivity contribution >= 4 is 5.69 Å². The number of hydrogen-bond acceptors (Lipinski definition) is 3. The fourth-order valence-electron chi connectivity index (χ4n) is 2.43. The smallest absolute Gasteiger partial charge is 0.119 e. The zero-order valence-electron chi connectivity index (χ0n) is 14.2. The van der Waals surface area contributed by atoms with E-state index in [1.54, 1.807) is 0 Å². The van der Waals surface area contributed by atoms with E-state index in [9.17, 15) is 0 Å². The third-order valence-electron chi connectivity index (χ3n) is 3.83. The topological polar surface area (TPSA) is 38.5 Å². The molecule has 23 heavy (non-hydrogen) atoms. The summed E-state index contributed by atoms with van der Waals surface area (Å²) in [6.45, 7) is 7.70. The molecule has 0 amide bonds. The molecule has 0 atom stereocenters. The highest BCUT2D eigenvalue weighted by Gasteiger charge is 2.07. The van der Waals surface area contributed by atoms with E-state index in [2.05, 4.69) is 43.0 Å². The number of nitrogens with zero attached hydrogens (tertiary/aromatic N) is 1. The Hall–Kier alpha value is -2.00. The maximum Gasteiger partial charge on any atom is 0.119 e. The second kappa shape index (κ2) is 9.21. The predicted molar refractivity (Wildman–Crippen MR) is 97.9 cm³/mol. The quantitative estimate of drug-likeness (QED) is 0.758. The largest absolute Gasteiger partial charge is 0.489 e. The van der Waals surface area contributed by atoms with Gasteiger partial charge >= 0.3 is 0 Å². The second-order valence-electron chi connectivity index (χ2n) is 6.23. The van der Waals surface area contributed by atoms with Gasteiger partial charge in [0, 0.05) is 25.3 Å². The molecule has 2 N–H and O–H groups in total. The van der Waals surface area contributed by atoms with Gasteiger partial charge in [-0.2, -0.15) is 0 Å². The summed E-state index contributed by atoms with van der Waals surface area (Å²) in [5.41, 5.74) is 8.14. The van der Waals surface area contributed by atoms with Crippen LogP contribution in [0.25, 0.3) is 0 Å². The summed E-state index contributed by atoms with van der Waals surface area (Å²) in [7, 11) is 0. The monoisotopic (exact) mass is 312 g/mol. The average molecular weight is 312 g/mol. The highest BCUT2D eigenvalue weighted by molar-refractivity contribution is 5.49. The van der Waals surface area contributed by atoms with Crippen LogP contribution in [0.2, 0.25) is 0 Å². The Morgan fingerprint density at radius 2 is 1.65 bits per heavy atom. The highest BCUT2D eigenvalue weighted by Crippen LogP contribution is 2.21. The van der Waals surface area contributed by atoms with Gasteiger partial charge in [0.15, 0.2) is 0 Å². The van der Waals surface area contributed by atoms with E-state index in [4.69, 9.17) is 10.5 Å². The van der Waals surface area contributed by atoms with Gasteiger partial charge in [-0.15, -0.1) is 0 Å². The maximum absolute atomic E-state index is 5.84. The van der Waals surface area contributed by atoms with Crippen LogP contribution in [-0.2, 0) is 6.61 Å². The van der Waals surface area contributed by atoms with Crippen molar-refractivity contribution in [2.24, 2.45) is 11.7 Å². The summed E-state index contributed by atoms with van der Waals surface area (Å²) in [6, 6.07) is 18.5. The Morgan fingerprint density at radius 3 is 2.26 bits per heavy atom. The summed E-state index contributed by atoms with van der Waals surface area (Å²) < 4.78 is 5.84. The Balaban J connectivity index is 1.93. The molecular formula is C20H28N2O. The molecule has 0 saturated heterocycles. The van der Waals surface area contributed by atoms with Crippen LogP contribution in [0.4, 0.5) is 5.69 Å². The van der Waals surface area contributed by atoms with E-state index in [0.29, 0.717) is 19.1 Å². The van der Waals surface area contributed by atoms with Crippen molar-refractivity contribution in [1.82, 2.24) is 0 Å². The van der Waals surface area contributed by atoms with E-state index in [1.807, 2.05) is 30.3 Å². The molecule has 0 bridgehead atoms. The van der Waals surface area contributed by atoms with Gasteiger partial charge in [-0.1, -0.05) is 44.2 Å². The number of nitrogens with two attached hydrogens (primary N) is 1. The van der Waals surface area contributed by atoms with Crippen molar-refractivity contribution in [1.29, 1.82) is 0 Å². The molecule has 2 rings (SSSR count). The second-order valence-corrected chi connectivity index (χ2v) is 6.23. The van der Waals surface area contributed by atoms with Crippen LogP contribution < -0.4 is 15.4 Å². The molecule has 0 aliphatic heterocycles. The lowest BCUT2D eigenvalue weighted by atomic mass is 10.1. The molecule has 124 valence electrons. The molecule has 0 radical (unpaired) electrons. The van der Waals surface area contributed by atoms with Crippen molar-refractivity contribution in [3.63, 3.8) is 0 Å². The van der Waals surface area contributed by atoms with Gasteiger partial charge in [0.2, 0.25) is 0 Å². The Kier molecular flexibility index (Phi) is 6.95. The summed E-state index contributed by atoms with van der Waals surface area (Å²) in [4.78, 5) is 2.35. The van der Waals surface area contributed by atoms with Gasteiger partial charge in [-0.05, 0) is 42.2 Å². The number of hydrogen-bond donors (Lipinski definition) is 1. The van der Waals surface area contributed by atoms with E-state index in [-0.39, 0.29) is 0 Å². The van der Waals surface area contributed by atoms with Crippen molar-refractivity contribution in [3.8, 4) is 5.75 Å². The minimum absolute atomic E-state index is 0.597. The first kappa shape index (κ1) is 17.4. The van der Waals surface area contributed by atoms with Crippen LogP contribution in [0.5, 0.6) is 5.75 Å². The van der Waals surface area contributed by atoms with Crippen LogP contribution in [0.3, 0.4) is 0 Å². The van der Waals surface area contributed by atoms with Crippen LogP contribution in [0, 0.1) is 5.92 Å². The normalized spacial score (nSPS) is 10.8. The molecular weight excluding hydrogens is 284 g/mol. The standard InChI is InChI=1S/C20H28N2O/c1-17(2)12-14-22(15-13-21)19-8-10-20(11-9-19)23-16-18-6-4-3-5-7-18/h3-11,17H,12-16,21H2,1-2H3. The summed E-state index contributed by atoms with van der Waals surface area (Å²) in [6.07, 6.45) is 1.17. The molecule has 0 spiro atoms. The van der Waals surface area contributed by atoms with Crippen molar-refractivity contribution in [2.45, 2.75) is 26.9 Å². The van der Waals surface area contributed by atoms with E-state index >= 15 is 0 Å². The van der Waals surface area contributed by atoms with Gasteiger partial charge in [-0.25, -0.2) is 0 Å². The van der Waals surface area contributed by atoms with Gasteiger partial charge in [-0.3, -0.25) is 0 Å². The number of anilines is 1. The van der Waals surface area contributed by atoms with Crippen molar-refractivity contribution < 1.29 is 4.74 Å². The first-order chi connectivity index (χ1) is 11.2. The molecule has 0 heterocycles. The molecule has 0 aliphatic carbocycles. The fourth-order valence-corrected chi connectivity index (χ4v) is 2.43. The lowest BCUT2D eigenvalue weighted by Gasteiger charge is -2.25. The van der Waals surface area contributed by atoms with Crippen molar-refractivity contribution in [3.05, 3.63) is 60.2 Å². The molecule has 0 fully saturated rings. The van der Waals surface area contributed by atoms with E-state index < -0.39 is 0 Å². The zero-order chi connectivity index (χ0) is 16.5. The third kappa shape index (κ3) is 5.95. The predicted octanol–water partition coefficient (Wildman–Crippen LogP) is 4.08. The zero-order valence-corrected chi connectivity index (χ0v) is 14.2. The van der Waals surface area contributed by atoms with Gasteiger partial charge in [0.1, 0.15) is 12.4 Å². The van der Waals surface area contributed by atoms with Crippen LogP contribution in [-0.4, -0.2) is 19.6 Å². The Bertz CT molecular complexity index is 552. The van der Waals surface area contributed by atoms with Gasteiger partial charge < -0.3 is 15.4 Å². The summed E-state index contributed by atoms with van der Waals surface area (Å²) in [5, 5.41) is 0. The molecule has 3 heteroatoms. The fraction of sp³-hybridized carbons (Fsp3) is 0.400. The molecule has 2 aromatic carbocycles. The van der Waals surface area contributed by atoms with Gasteiger partial charge in [0.25, 0.3) is 0 Å². The van der Waals surface area contributed by atoms with Crippen LogP contribution in [0.15, 0.2) is 54.6 Å². The van der Waals surface area contributed by atoms with E-state index in [0.717, 1.165) is 18.8 Å². The minimum atomic E-state index is 0.597. The first-order valence-electron chi connectivity index (χ1n) is 8.41. The van der Waals surface area contributed by atoms with Crippen LogP contribution in [0.1, 0.15) is 25.8 Å². The third-order valence-corrected chi connectivity index (χ3v) is 3.83. The summed E-state index contributed by atoms with van der Waals surface area (Å²) in [5.74, 6) is 1.60. The molecule has 0 unspecified atom stereocenters. The Labute approximate surface area is 140 Å². The molecule has 0 saturated carbocycles. The first-order valence-corrected chi connectivity index (χ1v) is 8.41. The number of benzene rings is 2. The molecule has 0 aromatic heterocycles. The van der Waals surface area contributed by atoms with Gasteiger partial charge in [0.05, 0.1) is 0 Å². The maximum atomic E-state index is 5.84. The van der Waals surface area contributed by atoms with Crippen molar-refractivity contribution in [2.75, 3.05) is 24.5 Å². The summed E-state index contributed by atoms with van der Waals surface area (Å²) >= 11 is 0. The van der Waals surface area contributed by atoms with Crippen LogP contribution >= 0.6 is 0 Å². The molecule has 3 nitrogen and oxygen atoms in total. The molecule has 2 aromatic rings.